The number of nitrogens with zero attached hydrogens (tertiary/aromatic N) is 2. The number of aryl methyl sites for hydroxylation is 2. The Morgan fingerprint density at radius 3 is 2.20 bits per heavy atom. The minimum Gasteiger partial charge on any atom is -0.318 e. The first-order valence-electron chi connectivity index (χ1n) is 4.71. The lowest BCUT2D eigenvalue weighted by molar-refractivity contribution is -0.120. The van der Waals surface area contributed by atoms with E-state index >= 15 is 0 Å². The molecule has 0 saturated carbocycles. The molecule has 0 aliphatic rings. The normalized spacial score (nSPS) is 11.3. The van der Waals surface area contributed by atoms with E-state index < -0.39 is 5.54 Å². The summed E-state index contributed by atoms with van der Waals surface area (Å²) < 4.78 is 0. The van der Waals surface area contributed by atoms with E-state index in [1.165, 1.54) is 0 Å². The van der Waals surface area contributed by atoms with Crippen molar-refractivity contribution in [3.63, 3.8) is 0 Å². The molecule has 0 atom stereocenters. The summed E-state index contributed by atoms with van der Waals surface area (Å²) >= 11 is 0. The van der Waals surface area contributed by atoms with Gasteiger partial charge in [0.25, 0.3) is 0 Å². The molecule has 5 heteroatoms. The van der Waals surface area contributed by atoms with Crippen LogP contribution in [0.3, 0.4) is 0 Å². The molecule has 5 nitrogen and oxygen atoms in total. The molecule has 0 fully saturated rings. The SMILES string of the molecule is Cc1cc(C)nc(NC(=O)C(C)(C)N)n1. The second kappa shape index (κ2) is 3.94. The van der Waals surface area contributed by atoms with Crippen LogP contribution in [0.15, 0.2) is 6.07 Å². The van der Waals surface area contributed by atoms with E-state index in [1.54, 1.807) is 13.8 Å². The van der Waals surface area contributed by atoms with Crippen molar-refractivity contribution in [2.24, 2.45) is 5.73 Å². The third kappa shape index (κ3) is 3.28. The maximum atomic E-state index is 11.5. The highest BCUT2D eigenvalue weighted by Crippen LogP contribution is 2.06. The van der Waals surface area contributed by atoms with E-state index in [4.69, 9.17) is 5.73 Å². The average molecular weight is 208 g/mol. The smallest absolute Gasteiger partial charge is 0.246 e. The van der Waals surface area contributed by atoms with Gasteiger partial charge in [-0.05, 0) is 33.8 Å². The predicted octanol–water partition coefficient (Wildman–Crippen LogP) is 0.769. The van der Waals surface area contributed by atoms with Crippen LogP contribution in [0.5, 0.6) is 0 Å². The molecule has 1 heterocycles. The predicted molar refractivity (Wildman–Crippen MR) is 58.4 cm³/mol. The molecule has 0 spiro atoms. The zero-order valence-electron chi connectivity index (χ0n) is 9.46. The number of rotatable bonds is 2. The van der Waals surface area contributed by atoms with Crippen molar-refractivity contribution in [3.05, 3.63) is 17.5 Å². The lowest BCUT2D eigenvalue weighted by atomic mass is 10.1. The van der Waals surface area contributed by atoms with Crippen molar-refractivity contribution in [3.8, 4) is 0 Å². The molecule has 15 heavy (non-hydrogen) atoms. The minimum absolute atomic E-state index is 0.299. The second-order valence-corrected chi connectivity index (χ2v) is 4.15. The maximum Gasteiger partial charge on any atom is 0.246 e. The average Bonchev–Trinajstić information content (AvgIpc) is 1.99. The number of amides is 1. The Balaban J connectivity index is 2.86. The molecule has 0 aromatic carbocycles. The van der Waals surface area contributed by atoms with Crippen molar-refractivity contribution >= 4 is 11.9 Å². The highest BCUT2D eigenvalue weighted by atomic mass is 16.2. The molecule has 0 unspecified atom stereocenters. The van der Waals surface area contributed by atoms with Crippen molar-refractivity contribution in [2.45, 2.75) is 33.2 Å². The van der Waals surface area contributed by atoms with Gasteiger partial charge >= 0.3 is 0 Å². The summed E-state index contributed by atoms with van der Waals surface area (Å²) in [6, 6.07) is 1.84. The van der Waals surface area contributed by atoms with E-state index in [9.17, 15) is 4.79 Å². The van der Waals surface area contributed by atoms with Crippen LogP contribution in [0, 0.1) is 13.8 Å². The van der Waals surface area contributed by atoms with E-state index in [0.717, 1.165) is 11.4 Å². The Bertz CT molecular complexity index is 361. The van der Waals surface area contributed by atoms with Crippen molar-refractivity contribution in [1.29, 1.82) is 0 Å². The Hall–Kier alpha value is -1.49. The van der Waals surface area contributed by atoms with Crippen LogP contribution in [0.25, 0.3) is 0 Å². The van der Waals surface area contributed by atoms with Gasteiger partial charge in [-0.2, -0.15) is 0 Å². The Kier molecular flexibility index (Phi) is 3.04. The van der Waals surface area contributed by atoms with Crippen LogP contribution in [-0.4, -0.2) is 21.4 Å². The first-order chi connectivity index (χ1) is 6.79. The summed E-state index contributed by atoms with van der Waals surface area (Å²) in [7, 11) is 0. The van der Waals surface area contributed by atoms with Gasteiger partial charge in [-0.15, -0.1) is 0 Å². The fourth-order valence-corrected chi connectivity index (χ4v) is 1.04. The van der Waals surface area contributed by atoms with Crippen LogP contribution in [0.4, 0.5) is 5.95 Å². The third-order valence-electron chi connectivity index (χ3n) is 1.79. The van der Waals surface area contributed by atoms with Gasteiger partial charge in [-0.3, -0.25) is 10.1 Å². The van der Waals surface area contributed by atoms with E-state index in [2.05, 4.69) is 15.3 Å². The molecule has 0 aliphatic heterocycles. The molecule has 1 amide bonds. The number of nitrogens with two attached hydrogens (primary N) is 1. The molecular weight excluding hydrogens is 192 g/mol. The van der Waals surface area contributed by atoms with Gasteiger partial charge in [-0.25, -0.2) is 9.97 Å². The van der Waals surface area contributed by atoms with Crippen molar-refractivity contribution in [2.75, 3.05) is 5.32 Å². The van der Waals surface area contributed by atoms with Crippen molar-refractivity contribution < 1.29 is 4.79 Å². The Morgan fingerprint density at radius 1 is 1.33 bits per heavy atom. The van der Waals surface area contributed by atoms with Gasteiger partial charge in [0.15, 0.2) is 0 Å². The van der Waals surface area contributed by atoms with Crippen LogP contribution in [0.2, 0.25) is 0 Å². The van der Waals surface area contributed by atoms with E-state index in [1.807, 2.05) is 19.9 Å². The van der Waals surface area contributed by atoms with E-state index in [-0.39, 0.29) is 5.91 Å². The molecule has 3 N–H and O–H groups in total. The second-order valence-electron chi connectivity index (χ2n) is 4.15. The summed E-state index contributed by atoms with van der Waals surface area (Å²) in [5, 5.41) is 2.58. The zero-order chi connectivity index (χ0) is 11.6. The monoisotopic (exact) mass is 208 g/mol. The van der Waals surface area contributed by atoms with Gasteiger partial charge in [0.1, 0.15) is 0 Å². The number of hydrogen-bond acceptors (Lipinski definition) is 4. The molecule has 1 rings (SSSR count). The maximum absolute atomic E-state index is 11.5. The molecule has 0 aliphatic carbocycles. The molecule has 82 valence electrons. The van der Waals surface area contributed by atoms with Gasteiger partial charge in [-0.1, -0.05) is 0 Å². The molecular formula is C10H16N4O. The minimum atomic E-state index is -0.930. The number of hydrogen-bond donors (Lipinski definition) is 2. The number of aromatic nitrogens is 2. The van der Waals surface area contributed by atoms with Gasteiger partial charge in [0, 0.05) is 11.4 Å². The van der Waals surface area contributed by atoms with Gasteiger partial charge < -0.3 is 5.73 Å². The van der Waals surface area contributed by atoms with Crippen LogP contribution in [-0.2, 0) is 4.79 Å². The molecule has 0 saturated heterocycles. The fraction of sp³-hybridized carbons (Fsp3) is 0.500. The Labute approximate surface area is 89.1 Å². The van der Waals surface area contributed by atoms with E-state index in [0.29, 0.717) is 5.95 Å². The molecule has 1 aromatic heterocycles. The van der Waals surface area contributed by atoms with Crippen LogP contribution >= 0.6 is 0 Å². The van der Waals surface area contributed by atoms with Crippen LogP contribution in [0.1, 0.15) is 25.2 Å². The number of nitrogens with one attached hydrogen (secondary N) is 1. The first-order valence-corrected chi connectivity index (χ1v) is 4.71. The largest absolute Gasteiger partial charge is 0.318 e. The summed E-state index contributed by atoms with van der Waals surface area (Å²) in [5.41, 5.74) is 6.33. The summed E-state index contributed by atoms with van der Waals surface area (Å²) in [5.74, 6) is 0.00326. The van der Waals surface area contributed by atoms with Crippen LogP contribution < -0.4 is 11.1 Å². The summed E-state index contributed by atoms with van der Waals surface area (Å²) in [6.45, 7) is 6.95. The number of carbonyl (C=O) groups is 1. The standard InChI is InChI=1S/C10H16N4O/c1-6-5-7(2)13-9(12-6)14-8(15)10(3,4)11/h5H,11H2,1-4H3,(H,12,13,14,15). The Morgan fingerprint density at radius 2 is 1.80 bits per heavy atom. The summed E-state index contributed by atoms with van der Waals surface area (Å²) in [4.78, 5) is 19.7. The summed E-state index contributed by atoms with van der Waals surface area (Å²) in [6.07, 6.45) is 0. The molecule has 1 aromatic rings. The highest BCUT2D eigenvalue weighted by Gasteiger charge is 2.22. The highest BCUT2D eigenvalue weighted by molar-refractivity contribution is 5.95. The van der Waals surface area contributed by atoms with Gasteiger partial charge in [0.2, 0.25) is 11.9 Å². The third-order valence-corrected chi connectivity index (χ3v) is 1.79. The topological polar surface area (TPSA) is 80.9 Å². The number of anilines is 1. The fourth-order valence-electron chi connectivity index (χ4n) is 1.04. The molecule has 0 radical (unpaired) electrons. The van der Waals surface area contributed by atoms with Gasteiger partial charge in [0.05, 0.1) is 5.54 Å². The zero-order valence-corrected chi connectivity index (χ0v) is 9.46. The molecule has 0 bridgehead atoms. The lowest BCUT2D eigenvalue weighted by Crippen LogP contribution is -2.45. The quantitative estimate of drug-likeness (QED) is 0.752. The number of carbonyl (C=O) groups excluding carboxylic acids is 1. The van der Waals surface area contributed by atoms with Crippen molar-refractivity contribution in [1.82, 2.24) is 9.97 Å². The first kappa shape index (κ1) is 11.6. The lowest BCUT2D eigenvalue weighted by Gasteiger charge is -2.17.